The Bertz CT molecular complexity index is 3710. The first kappa shape index (κ1) is 99.7. The average Bonchev–Trinajstić information content (AvgIpc) is 0.815. The van der Waals surface area contributed by atoms with Gasteiger partial charge in [-0.05, 0) is 145 Å². The number of carbonyl (C=O) groups excluding carboxylic acids is 6. The molecule has 0 aliphatic heterocycles. The van der Waals surface area contributed by atoms with Crippen LogP contribution in [0.5, 0.6) is 23.0 Å². The number of nitrogens with two attached hydrogens (primary N) is 1. The van der Waals surface area contributed by atoms with E-state index in [4.69, 9.17) is 44.1 Å². The molecule has 0 aromatic heterocycles. The van der Waals surface area contributed by atoms with Crippen LogP contribution in [0.2, 0.25) is 0 Å². The van der Waals surface area contributed by atoms with E-state index in [1.807, 2.05) is 110 Å². The minimum Gasteiger partial charge on any atom is -0.497 e. The van der Waals surface area contributed by atoms with E-state index in [0.29, 0.717) is 65.0 Å². The Hall–Kier alpha value is -8.70. The number of esters is 2. The molecular weight excluding hydrogens is 1520 g/mol. The largest absolute Gasteiger partial charge is 0.497 e. The van der Waals surface area contributed by atoms with Gasteiger partial charge in [0, 0.05) is 34.0 Å². The van der Waals surface area contributed by atoms with Crippen LogP contribution in [0.1, 0.15) is 281 Å². The quantitative estimate of drug-likeness (QED) is 0.0183. The molecule has 116 heavy (non-hydrogen) atoms. The Balaban J connectivity index is 0.000000469. The lowest BCUT2D eigenvalue weighted by Gasteiger charge is -2.26. The molecule has 640 valence electrons. The molecule has 0 saturated carbocycles. The summed E-state index contributed by atoms with van der Waals surface area (Å²) in [5, 5.41) is 10.3. The van der Waals surface area contributed by atoms with Gasteiger partial charge in [-0.15, -0.1) is 23.5 Å². The van der Waals surface area contributed by atoms with Crippen LogP contribution in [-0.4, -0.2) is 120 Å². The number of thioether (sulfide) groups is 2. The van der Waals surface area contributed by atoms with Crippen molar-refractivity contribution in [3.8, 4) is 23.0 Å². The summed E-state index contributed by atoms with van der Waals surface area (Å²) < 4.78 is 64.4. The van der Waals surface area contributed by atoms with E-state index < -0.39 is 36.0 Å². The van der Waals surface area contributed by atoms with Gasteiger partial charge in [-0.3, -0.25) is 19.2 Å². The summed E-state index contributed by atoms with van der Waals surface area (Å²) in [4.78, 5) is 91.3. The van der Waals surface area contributed by atoms with E-state index in [1.165, 1.54) is 240 Å². The van der Waals surface area contributed by atoms with Crippen LogP contribution in [0.3, 0.4) is 0 Å². The fourth-order valence-corrected chi connectivity index (χ4v) is 14.5. The molecule has 18 nitrogen and oxygen atoms in total. The number of aliphatic carboxylic acids is 1. The van der Waals surface area contributed by atoms with Gasteiger partial charge in [0.25, 0.3) is 0 Å². The topological polar surface area (TPSA) is 240 Å². The van der Waals surface area contributed by atoms with Gasteiger partial charge in [-0.2, -0.15) is 13.2 Å². The van der Waals surface area contributed by atoms with E-state index in [1.54, 1.807) is 50.6 Å². The van der Waals surface area contributed by atoms with Gasteiger partial charge in [-0.25, -0.2) is 14.4 Å². The number of unbranched alkanes of at least 4 members (excludes halogenated alkanes) is 30. The van der Waals surface area contributed by atoms with Crippen molar-refractivity contribution >= 4 is 76.4 Å². The number of nitrogens with zero attached hydrogens (tertiary/aromatic N) is 2. The maximum Gasteiger partial charge on any atom is 0.490 e. The van der Waals surface area contributed by atoms with Crippen LogP contribution in [0.15, 0.2) is 143 Å². The highest BCUT2D eigenvalue weighted by molar-refractivity contribution is 7.99. The number of halogens is 3. The lowest BCUT2D eigenvalue weighted by molar-refractivity contribution is -0.192. The molecule has 4 N–H and O–H groups in total. The number of hydrogen-bond acceptors (Lipinski definition) is 15. The number of alkyl halides is 3. The fourth-order valence-electron chi connectivity index (χ4n) is 13.3. The van der Waals surface area contributed by atoms with Crippen molar-refractivity contribution in [2.45, 2.75) is 267 Å². The predicted molar refractivity (Wildman–Crippen MR) is 462 cm³/mol. The molecule has 0 aliphatic rings. The molecule has 0 spiro atoms. The Morgan fingerprint density at radius 3 is 0.991 bits per heavy atom. The number of carboxylic acids is 1. The molecule has 0 atom stereocenters. The molecule has 23 heteroatoms. The first-order valence-electron chi connectivity index (χ1n) is 41.9. The lowest BCUT2D eigenvalue weighted by atomic mass is 9.98. The van der Waals surface area contributed by atoms with Gasteiger partial charge < -0.3 is 54.4 Å². The summed E-state index contributed by atoms with van der Waals surface area (Å²) in [6.45, 7) is 5.41. The van der Waals surface area contributed by atoms with Crippen LogP contribution in [-0.2, 0) is 46.3 Å². The van der Waals surface area contributed by atoms with Gasteiger partial charge in [0.15, 0.2) is 0 Å². The summed E-state index contributed by atoms with van der Waals surface area (Å²) in [6, 6.07) is 40.4. The minimum absolute atomic E-state index is 0.144. The van der Waals surface area contributed by atoms with Crippen LogP contribution in [0.4, 0.5) is 24.5 Å². The first-order valence-corrected chi connectivity index (χ1v) is 44.3. The summed E-state index contributed by atoms with van der Waals surface area (Å²) in [7, 11) is 5.84. The molecule has 0 radical (unpaired) electrons. The SMILES string of the molecule is CCCCCCCCCCCCCCCCCCOc1ccc(CCC(=O)N(CC(=O)NC(c2ccc(OC)cc2)c2ccc(OC)cc2)c2ccc(SC)c(C(=O)OC)c2)cc1.CCCCCCCCCCCCCCCCCCOc1ccc(CCC(=O)N(CC(N)=O)c2ccc(SC)c(C(=O)OC)c2)cc1.O=C(O)C(F)(F)F. The number of nitrogens with one attached hydrogen (secondary N) is 1. The van der Waals surface area contributed by atoms with E-state index in [0.717, 1.165) is 51.5 Å². The third kappa shape index (κ3) is 40.9. The maximum atomic E-state index is 14.1. The fraction of sp³-hybridized carbons (Fsp3) is 0.538. The third-order valence-electron chi connectivity index (χ3n) is 20.1. The number of primary amides is 1. The van der Waals surface area contributed by atoms with Crippen LogP contribution in [0, 0.1) is 0 Å². The van der Waals surface area contributed by atoms with E-state index in [9.17, 15) is 41.9 Å². The molecule has 4 amide bonds. The van der Waals surface area contributed by atoms with E-state index >= 15 is 0 Å². The van der Waals surface area contributed by atoms with Crippen LogP contribution in [0.25, 0.3) is 0 Å². The molecule has 0 aliphatic carbocycles. The Morgan fingerprint density at radius 1 is 0.422 bits per heavy atom. The van der Waals surface area contributed by atoms with Crippen molar-refractivity contribution in [3.05, 3.63) is 167 Å². The highest BCUT2D eigenvalue weighted by Gasteiger charge is 2.38. The summed E-state index contributed by atoms with van der Waals surface area (Å²) in [5.74, 6) is -2.27. The number of rotatable bonds is 57. The molecule has 6 aromatic carbocycles. The molecular formula is C93H131F3N4O14S2. The zero-order valence-electron chi connectivity index (χ0n) is 70.2. The average molecular weight is 1650 g/mol. The minimum atomic E-state index is -5.08. The van der Waals surface area contributed by atoms with Gasteiger partial charge in [0.2, 0.25) is 23.6 Å². The van der Waals surface area contributed by atoms with Gasteiger partial charge in [0.05, 0.1) is 58.8 Å². The molecule has 0 fully saturated rings. The third-order valence-corrected chi connectivity index (χ3v) is 21.7. The zero-order valence-corrected chi connectivity index (χ0v) is 71.9. The smallest absolute Gasteiger partial charge is 0.490 e. The second-order valence-corrected chi connectivity index (χ2v) is 30.8. The van der Waals surface area contributed by atoms with Crippen LogP contribution < -0.4 is 39.8 Å². The number of amides is 4. The number of carboxylic acid groups (broad SMARTS) is 1. The molecule has 0 bridgehead atoms. The number of benzene rings is 6. The van der Waals surface area contributed by atoms with E-state index in [-0.39, 0.29) is 43.7 Å². The summed E-state index contributed by atoms with van der Waals surface area (Å²) in [5.41, 5.74) is 10.6. The van der Waals surface area contributed by atoms with Gasteiger partial charge in [-0.1, -0.05) is 255 Å². The predicted octanol–water partition coefficient (Wildman–Crippen LogP) is 22.6. The van der Waals surface area contributed by atoms with Crippen molar-refractivity contribution in [1.29, 1.82) is 0 Å². The molecule has 6 rings (SSSR count). The number of ether oxygens (including phenoxy) is 6. The summed E-state index contributed by atoms with van der Waals surface area (Å²) in [6.07, 6.45) is 42.9. The molecule has 0 heterocycles. The maximum absolute atomic E-state index is 14.1. The molecule has 6 aromatic rings. The van der Waals surface area contributed by atoms with Crippen molar-refractivity contribution < 1.29 is 80.3 Å². The number of carbonyl (C=O) groups is 7. The highest BCUT2D eigenvalue weighted by atomic mass is 32.2. The van der Waals surface area contributed by atoms with Crippen LogP contribution >= 0.6 is 23.5 Å². The second kappa shape index (κ2) is 59.9. The lowest BCUT2D eigenvalue weighted by Crippen LogP contribution is -2.42. The van der Waals surface area contributed by atoms with Crippen molar-refractivity contribution in [2.24, 2.45) is 5.73 Å². The molecule has 0 unspecified atom stereocenters. The normalized spacial score (nSPS) is 11.0. The van der Waals surface area contributed by atoms with Crippen molar-refractivity contribution in [3.63, 3.8) is 0 Å². The van der Waals surface area contributed by atoms with Gasteiger partial charge >= 0.3 is 24.1 Å². The number of anilines is 2. The highest BCUT2D eigenvalue weighted by Crippen LogP contribution is 2.32. The monoisotopic (exact) mass is 1650 g/mol. The number of hydrogen-bond donors (Lipinski definition) is 3. The first-order chi connectivity index (χ1) is 56.1. The molecule has 0 saturated heterocycles. The number of aryl methyl sites for hydroxylation is 2. The number of methoxy groups -OCH3 is 4. The van der Waals surface area contributed by atoms with E-state index in [2.05, 4.69) is 19.2 Å². The van der Waals surface area contributed by atoms with Gasteiger partial charge in [0.1, 0.15) is 36.1 Å². The van der Waals surface area contributed by atoms with Crippen molar-refractivity contribution in [2.75, 3.05) is 77.1 Å². The van der Waals surface area contributed by atoms with Crippen molar-refractivity contribution in [1.82, 2.24) is 5.32 Å². The Morgan fingerprint density at radius 2 is 0.716 bits per heavy atom. The standard InChI is InChI=1S/C53H72N2O7S.C38H58N2O5S.C2HF3O2/c1-6-7-8-9-10-11-12-13-14-15-16-17-18-19-20-21-38-62-47-30-22-41(23-31-47)24-37-51(57)55(44-29-36-49(63-5)48(39-44)53(58)61-4)40-50(56)54-52(42-25-32-45(59-2)33-26-42)43-27-34-46(60-3)35-28-43;1-4-5-6-7-8-9-10-11-12-13-14-15-16-17-18-19-28-45-33-24-20-31(21-25-33)22-27-37(42)40(30-36(39)41)32-23-26-35(46-3)34(29-32)38(43)44-2;3-2(4,5)1(6)7/h22-23,25-36,39,52H,6-21,24,37-38,40H2,1-5H3,(H,54,56);20-21,23-26,29H,4-19,22,27-28,30H2,1-3H3,(H2,39,41);(H,6,7). The summed E-state index contributed by atoms with van der Waals surface area (Å²) >= 11 is 2.80. The zero-order chi connectivity index (χ0) is 84.6. The Labute approximate surface area is 697 Å². The Kier molecular flexibility index (Phi) is 51.4. The second-order valence-electron chi connectivity index (χ2n) is 29.1.